The Labute approximate surface area is 550 Å². The molecule has 2 saturated heterocycles. The first-order chi connectivity index (χ1) is 41.7. The Kier molecular flexibility index (Phi) is 70.8. The zero-order chi connectivity index (χ0) is 74.3. The first-order valence-electron chi connectivity index (χ1n) is 30.4. The van der Waals surface area contributed by atoms with Crippen LogP contribution in [0.4, 0.5) is 0 Å². The van der Waals surface area contributed by atoms with E-state index in [2.05, 4.69) is 24.5 Å². The quantitative estimate of drug-likeness (QED) is 0.0876. The number of carbonyl (C=O) groups is 16. The number of hydrogen-bond donors (Lipinski definition) is 4. The molecule has 7 atom stereocenters. The maximum Gasteiger partial charge on any atom is 0.306 e. The van der Waals surface area contributed by atoms with Crippen molar-refractivity contribution in [2.24, 2.45) is 41.4 Å². The Bertz CT molecular complexity index is 2210. The van der Waals surface area contributed by atoms with Crippen LogP contribution in [-0.4, -0.2) is 187 Å². The lowest BCUT2D eigenvalue weighted by molar-refractivity contribution is -0.143. The SMILES string of the molecule is CC(=O)CC(C)C(C)=O.CC(=O)CC(C)C(C)=O.CC1=C(C)C(=O)N(C)C1=O.CC1CC(=O)N(C)C1=O.CCC(=O)CC(C)C(=O)O.CCC(C)=O.CCC(C)=O.CCC(CC)C(C)=O.CNC.CNC(=O)C(C)CC(=O)O.COC1CC(C)C(=O)N1C.CSC. The van der Waals surface area contributed by atoms with Crippen molar-refractivity contribution in [3.05, 3.63) is 11.1 Å². The number of likely N-dealkylation sites (N-methyl/N-ethyl adjacent to an activating group) is 1. The summed E-state index contributed by atoms with van der Waals surface area (Å²) < 4.78 is 5.07. The second-order valence-electron chi connectivity index (χ2n) is 22.0. The summed E-state index contributed by atoms with van der Waals surface area (Å²) in [5.41, 5.74) is 1.13. The number of aliphatic carboxylic acids is 2. The summed E-state index contributed by atoms with van der Waals surface area (Å²) in [6, 6.07) is 0. The van der Waals surface area contributed by atoms with Gasteiger partial charge in [-0.25, -0.2) is 0 Å². The van der Waals surface area contributed by atoms with Crippen LogP contribution in [0.5, 0.6) is 0 Å². The summed E-state index contributed by atoms with van der Waals surface area (Å²) in [7, 11) is 11.7. The Morgan fingerprint density at radius 1 is 0.549 bits per heavy atom. The van der Waals surface area contributed by atoms with Crippen molar-refractivity contribution in [2.75, 3.05) is 61.9 Å². The van der Waals surface area contributed by atoms with Gasteiger partial charge in [-0.05, 0) is 102 Å². The summed E-state index contributed by atoms with van der Waals surface area (Å²) in [6.07, 6.45) is 9.86. The van der Waals surface area contributed by atoms with Crippen LogP contribution in [0.2, 0.25) is 0 Å². The lowest BCUT2D eigenvalue weighted by Gasteiger charge is -2.16. The van der Waals surface area contributed by atoms with Crippen LogP contribution in [0, 0.1) is 41.4 Å². The van der Waals surface area contributed by atoms with E-state index in [0.29, 0.717) is 61.4 Å². The number of hydrogen-bond acceptors (Lipinski definition) is 19. The van der Waals surface area contributed by atoms with Gasteiger partial charge in [0.15, 0.2) is 0 Å². The number of methoxy groups -OCH3 is 1. The topological polar surface area (TPSA) is 357 Å². The van der Waals surface area contributed by atoms with Gasteiger partial charge in [-0.3, -0.25) is 67.3 Å². The van der Waals surface area contributed by atoms with E-state index in [-0.39, 0.29) is 119 Å². The standard InChI is InChI=1S/C7H13NO2.C7H9NO2.C7H12O3.2C7H12O2.C7H14O.C6H11NO3.C6H9NO2.2C4H8O.C2H7N.C2H6S/c1-5-4-6(10-3)8(2)7(5)9;1-4-5(2)7(10)8(3)6(4)9;1-3-6(8)4-5(2)7(9)10;2*1-5(7(3)9)4-6(2)8;1-4-7(5-2)6(3)8;1-4(3-5(8)9)6(10)7-2;1-4-3-5(8)7(2)6(4)9;2*1-3-4(2)5;2*1-3-2/h5-6H,4H2,1-3H3;1-3H3;5H,3-4H2,1-2H3,(H,9,10);2*5H,4H2,1-3H3;7H,4-5H2,1-3H3;4H,3H2,1-2H3,(H,7,10)(H,8,9);4H,3H2,1-2H3;2*3H2,1-2H3;3H,1-2H3;1-2H3. The van der Waals surface area contributed by atoms with Crippen molar-refractivity contribution in [3.63, 3.8) is 0 Å². The number of amides is 6. The van der Waals surface area contributed by atoms with Crippen LogP contribution in [-0.2, 0) is 81.4 Å². The maximum absolute atomic E-state index is 11.1. The molecule has 0 spiro atoms. The molecule has 91 heavy (non-hydrogen) atoms. The molecule has 0 saturated carbocycles. The molecule has 0 aliphatic carbocycles. The van der Waals surface area contributed by atoms with E-state index in [4.69, 9.17) is 14.9 Å². The van der Waals surface area contributed by atoms with Gasteiger partial charge in [-0.15, -0.1) is 0 Å². The van der Waals surface area contributed by atoms with Crippen molar-refractivity contribution in [3.8, 4) is 0 Å². The molecule has 2 fully saturated rings. The number of Topliss-reactive ketones (excluding diaryl/α,β-unsaturated/α-hetero) is 8. The second kappa shape index (κ2) is 62.3. The summed E-state index contributed by atoms with van der Waals surface area (Å²) in [4.78, 5) is 172. The molecule has 0 radical (unpaired) electrons. The van der Waals surface area contributed by atoms with Gasteiger partial charge in [0.1, 0.15) is 52.5 Å². The van der Waals surface area contributed by atoms with E-state index in [1.165, 1.54) is 60.7 Å². The van der Waals surface area contributed by atoms with E-state index < -0.39 is 23.8 Å². The fourth-order valence-electron chi connectivity index (χ4n) is 6.35. The molecule has 0 bridgehead atoms. The molecule has 3 aliphatic rings. The number of carboxylic acid groups (broad SMARTS) is 2. The summed E-state index contributed by atoms with van der Waals surface area (Å²) in [6.45, 7) is 34.1. The highest BCUT2D eigenvalue weighted by molar-refractivity contribution is 7.97. The molecule has 0 aromatic rings. The molecule has 0 aromatic heterocycles. The smallest absolute Gasteiger partial charge is 0.306 e. The minimum absolute atomic E-state index is 0.00231. The van der Waals surface area contributed by atoms with Crippen LogP contribution >= 0.6 is 11.8 Å². The van der Waals surface area contributed by atoms with Gasteiger partial charge >= 0.3 is 11.9 Å². The zero-order valence-corrected chi connectivity index (χ0v) is 61.8. The summed E-state index contributed by atoms with van der Waals surface area (Å²) in [5, 5.41) is 21.7. The largest absolute Gasteiger partial charge is 0.481 e. The maximum atomic E-state index is 11.1. The van der Waals surface area contributed by atoms with Gasteiger partial charge in [0, 0.05) is 133 Å². The van der Waals surface area contributed by atoms with E-state index >= 15 is 0 Å². The lowest BCUT2D eigenvalue weighted by atomic mass is 10.00. The summed E-state index contributed by atoms with van der Waals surface area (Å²) in [5.74, 6) is -2.00. The van der Waals surface area contributed by atoms with Crippen LogP contribution in [0.25, 0.3) is 0 Å². The molecule has 7 unspecified atom stereocenters. The van der Waals surface area contributed by atoms with Crippen molar-refractivity contribution >= 4 is 105 Å². The van der Waals surface area contributed by atoms with Gasteiger partial charge in [0.05, 0.1) is 12.3 Å². The fourth-order valence-corrected chi connectivity index (χ4v) is 6.35. The number of carboxylic acids is 2. The van der Waals surface area contributed by atoms with E-state index in [1.807, 2.05) is 47.4 Å². The minimum atomic E-state index is -0.948. The van der Waals surface area contributed by atoms with Crippen molar-refractivity contribution in [2.45, 2.75) is 215 Å². The molecule has 3 heterocycles. The number of nitrogens with zero attached hydrogens (tertiary/aromatic N) is 3. The van der Waals surface area contributed by atoms with Crippen LogP contribution in [0.1, 0.15) is 209 Å². The molecule has 3 rings (SSSR count). The number of nitrogens with one attached hydrogen (secondary N) is 2. The first kappa shape index (κ1) is 103. The molecule has 25 heteroatoms. The molecule has 6 amide bonds. The molecule has 24 nitrogen and oxygen atoms in total. The van der Waals surface area contributed by atoms with Gasteiger partial charge in [-0.1, -0.05) is 76.2 Å². The zero-order valence-electron chi connectivity index (χ0n) is 61.0. The number of rotatable bonds is 19. The van der Waals surface area contributed by atoms with Crippen LogP contribution in [0.3, 0.4) is 0 Å². The van der Waals surface area contributed by atoms with Gasteiger partial charge < -0.3 is 49.7 Å². The second-order valence-corrected chi connectivity index (χ2v) is 22.8. The molecule has 3 aliphatic heterocycles. The first-order valence-corrected chi connectivity index (χ1v) is 32.0. The predicted molar refractivity (Wildman–Crippen MR) is 359 cm³/mol. The number of likely N-dealkylation sites (tertiary alicyclic amines) is 2. The highest BCUT2D eigenvalue weighted by Crippen LogP contribution is 2.22. The number of thioether (sulfide) groups is 1. The van der Waals surface area contributed by atoms with Crippen LogP contribution < -0.4 is 10.6 Å². The number of imide groups is 2. The van der Waals surface area contributed by atoms with Crippen molar-refractivity contribution < 1.29 is 91.7 Å². The van der Waals surface area contributed by atoms with Crippen LogP contribution in [0.15, 0.2) is 11.1 Å². The third-order valence-electron chi connectivity index (χ3n) is 13.1. The average molecular weight is 1320 g/mol. The minimum Gasteiger partial charge on any atom is -0.481 e. The number of ketones is 8. The number of carbonyl (C=O) groups excluding carboxylic acids is 14. The van der Waals surface area contributed by atoms with Gasteiger partial charge in [0.2, 0.25) is 23.6 Å². The predicted octanol–water partition coefficient (Wildman–Crippen LogP) is 8.89. The highest BCUT2D eigenvalue weighted by atomic mass is 32.2. The van der Waals surface area contributed by atoms with Crippen molar-refractivity contribution in [1.82, 2.24) is 25.3 Å². The van der Waals surface area contributed by atoms with Gasteiger partial charge in [-0.2, -0.15) is 11.8 Å². The highest BCUT2D eigenvalue weighted by Gasteiger charge is 2.34. The van der Waals surface area contributed by atoms with Crippen molar-refractivity contribution in [1.29, 1.82) is 0 Å². The Morgan fingerprint density at radius 3 is 1.02 bits per heavy atom. The third kappa shape index (κ3) is 60.8. The number of ether oxygens (including phenoxy) is 1. The van der Waals surface area contributed by atoms with Gasteiger partial charge in [0.25, 0.3) is 11.8 Å². The Hall–Kier alpha value is -6.47. The molecule has 530 valence electrons. The Balaban J connectivity index is -0.000000117. The molecule has 4 N–H and O–H groups in total. The van der Waals surface area contributed by atoms with E-state index in [1.54, 1.807) is 100 Å². The Morgan fingerprint density at radius 2 is 0.901 bits per heavy atom. The average Bonchev–Trinajstić information content (AvgIpc) is 1.92. The van der Waals surface area contributed by atoms with E-state index in [0.717, 1.165) is 24.2 Å². The summed E-state index contributed by atoms with van der Waals surface area (Å²) >= 11 is 1.75. The normalized spacial score (nSPS) is 15.9. The monoisotopic (exact) mass is 1320 g/mol. The molecule has 0 aromatic carbocycles. The lowest BCUT2D eigenvalue weighted by Crippen LogP contribution is -2.30. The molecular formula is C66H121N5O19S. The fraction of sp³-hybridized carbons (Fsp3) is 0.727. The molecular weight excluding hydrogens is 1200 g/mol. The third-order valence-corrected chi connectivity index (χ3v) is 13.1. The van der Waals surface area contributed by atoms with E-state index in [9.17, 15) is 76.7 Å².